The normalized spacial score (nSPS) is 18.8. The van der Waals surface area contributed by atoms with Gasteiger partial charge in [-0.3, -0.25) is 0 Å². The average molecular weight is 315 g/mol. The second kappa shape index (κ2) is 6.05. The zero-order valence-electron chi connectivity index (χ0n) is 11.8. The third-order valence-corrected chi connectivity index (χ3v) is 6.28. The van der Waals surface area contributed by atoms with Gasteiger partial charge in [-0.2, -0.15) is 0 Å². The Morgan fingerprint density at radius 1 is 1.35 bits per heavy atom. The molecule has 2 rings (SSSR count). The molecule has 1 aliphatic carbocycles. The van der Waals surface area contributed by atoms with Crippen molar-refractivity contribution < 1.29 is 13.5 Å². The number of likely N-dealkylation sites (N-methyl/N-ethyl adjacent to an activating group) is 1. The van der Waals surface area contributed by atoms with E-state index in [4.69, 9.17) is 0 Å². The summed E-state index contributed by atoms with van der Waals surface area (Å²) in [5.41, 5.74) is -0.222. The number of hydrogen-bond donors (Lipinski definition) is 2. The molecule has 1 saturated carbocycles. The Balaban J connectivity index is 2.03. The molecule has 0 heterocycles. The minimum absolute atomic E-state index is 0.128. The Bertz CT molecular complexity index is 546. The van der Waals surface area contributed by atoms with Crippen LogP contribution in [0, 0.1) is 5.92 Å². The van der Waals surface area contributed by atoms with Gasteiger partial charge in [0.05, 0.1) is 17.0 Å². The van der Waals surface area contributed by atoms with Crippen LogP contribution < -0.4 is 5.32 Å². The zero-order chi connectivity index (χ0) is 14.8. The fraction of sp³-hybridized carbons (Fsp3) is 0.571. The van der Waals surface area contributed by atoms with E-state index < -0.39 is 9.84 Å². The van der Waals surface area contributed by atoms with Gasteiger partial charge >= 0.3 is 0 Å². The SMILES string of the molecule is CNC(CO)(CSc1ccc(S(C)(=O)=O)cc1)C1CC1. The zero-order valence-corrected chi connectivity index (χ0v) is 13.4. The summed E-state index contributed by atoms with van der Waals surface area (Å²) in [7, 11) is -1.25. The molecule has 1 fully saturated rings. The van der Waals surface area contributed by atoms with Crippen LogP contribution in [0.1, 0.15) is 12.8 Å². The molecule has 0 aliphatic heterocycles. The van der Waals surface area contributed by atoms with E-state index >= 15 is 0 Å². The van der Waals surface area contributed by atoms with Crippen molar-refractivity contribution >= 4 is 21.6 Å². The summed E-state index contributed by atoms with van der Waals surface area (Å²) in [4.78, 5) is 1.36. The summed E-state index contributed by atoms with van der Waals surface area (Å²) in [5.74, 6) is 1.32. The number of benzene rings is 1. The molecule has 2 N–H and O–H groups in total. The minimum atomic E-state index is -3.14. The lowest BCUT2D eigenvalue weighted by Crippen LogP contribution is -2.51. The van der Waals surface area contributed by atoms with Crippen LogP contribution in [-0.4, -0.2) is 44.7 Å². The highest BCUT2D eigenvalue weighted by molar-refractivity contribution is 7.99. The van der Waals surface area contributed by atoms with Crippen molar-refractivity contribution in [2.24, 2.45) is 5.92 Å². The number of rotatable bonds is 7. The number of hydrogen-bond acceptors (Lipinski definition) is 5. The molecule has 4 nitrogen and oxygen atoms in total. The number of thioether (sulfide) groups is 1. The van der Waals surface area contributed by atoms with Gasteiger partial charge in [0.2, 0.25) is 0 Å². The average Bonchev–Trinajstić information content (AvgIpc) is 3.25. The summed E-state index contributed by atoms with van der Waals surface area (Å²) in [6, 6.07) is 6.92. The fourth-order valence-electron chi connectivity index (χ4n) is 2.28. The second-order valence-electron chi connectivity index (χ2n) is 5.37. The van der Waals surface area contributed by atoms with E-state index in [0.717, 1.165) is 23.5 Å². The Kier molecular flexibility index (Phi) is 4.79. The number of aliphatic hydroxyl groups is 1. The van der Waals surface area contributed by atoms with E-state index in [2.05, 4.69) is 5.32 Å². The molecule has 1 aliphatic rings. The predicted molar refractivity (Wildman–Crippen MR) is 81.9 cm³/mol. The van der Waals surface area contributed by atoms with E-state index in [9.17, 15) is 13.5 Å². The maximum atomic E-state index is 11.4. The molecule has 0 saturated heterocycles. The first-order valence-corrected chi connectivity index (χ1v) is 9.52. The van der Waals surface area contributed by atoms with Crippen LogP contribution in [0.2, 0.25) is 0 Å². The van der Waals surface area contributed by atoms with Crippen molar-refractivity contribution in [2.75, 3.05) is 25.7 Å². The molecular formula is C14H21NO3S2. The molecule has 0 amide bonds. The van der Waals surface area contributed by atoms with Crippen molar-refractivity contribution in [2.45, 2.75) is 28.2 Å². The molecule has 0 bridgehead atoms. The number of sulfone groups is 1. The van der Waals surface area contributed by atoms with Crippen LogP contribution in [0.15, 0.2) is 34.1 Å². The van der Waals surface area contributed by atoms with Crippen LogP contribution in [0.3, 0.4) is 0 Å². The van der Waals surface area contributed by atoms with Gasteiger partial charge in [-0.05, 0) is 50.1 Å². The first kappa shape index (κ1) is 15.8. The summed E-state index contributed by atoms with van der Waals surface area (Å²) >= 11 is 1.65. The van der Waals surface area contributed by atoms with Crippen molar-refractivity contribution in [3.8, 4) is 0 Å². The molecule has 0 radical (unpaired) electrons. The molecule has 1 atom stereocenters. The Labute approximate surface area is 124 Å². The lowest BCUT2D eigenvalue weighted by molar-refractivity contribution is 0.167. The molecule has 1 unspecified atom stereocenters. The van der Waals surface area contributed by atoms with Crippen molar-refractivity contribution in [1.29, 1.82) is 0 Å². The van der Waals surface area contributed by atoms with E-state index in [1.807, 2.05) is 19.2 Å². The quantitative estimate of drug-likeness (QED) is 0.747. The first-order valence-electron chi connectivity index (χ1n) is 6.64. The maximum absolute atomic E-state index is 11.4. The van der Waals surface area contributed by atoms with E-state index in [1.165, 1.54) is 6.26 Å². The second-order valence-corrected chi connectivity index (χ2v) is 8.44. The summed E-state index contributed by atoms with van der Waals surface area (Å²) in [5, 5.41) is 12.9. The maximum Gasteiger partial charge on any atom is 0.175 e. The smallest absolute Gasteiger partial charge is 0.175 e. The van der Waals surface area contributed by atoms with Gasteiger partial charge in [-0.1, -0.05) is 0 Å². The minimum Gasteiger partial charge on any atom is -0.394 e. The standard InChI is InChI=1S/C14H21NO3S2/c1-15-14(9-16,11-3-4-11)10-19-12-5-7-13(8-6-12)20(2,17)18/h5-8,11,15-16H,3-4,9-10H2,1-2H3. The molecule has 1 aromatic rings. The number of nitrogens with one attached hydrogen (secondary N) is 1. The van der Waals surface area contributed by atoms with Gasteiger partial charge in [0.25, 0.3) is 0 Å². The largest absolute Gasteiger partial charge is 0.394 e. The molecule has 0 spiro atoms. The summed E-state index contributed by atoms with van der Waals surface area (Å²) in [6.45, 7) is 0.128. The van der Waals surface area contributed by atoms with Gasteiger partial charge in [-0.25, -0.2) is 8.42 Å². The third-order valence-electron chi connectivity index (χ3n) is 3.89. The molecular weight excluding hydrogens is 294 g/mol. The Hall–Kier alpha value is -0.560. The van der Waals surface area contributed by atoms with E-state index in [1.54, 1.807) is 23.9 Å². The highest BCUT2D eigenvalue weighted by atomic mass is 32.2. The highest BCUT2D eigenvalue weighted by Crippen LogP contribution is 2.42. The summed E-state index contributed by atoms with van der Waals surface area (Å²) < 4.78 is 22.8. The first-order chi connectivity index (χ1) is 9.41. The molecule has 1 aromatic carbocycles. The van der Waals surface area contributed by atoms with Crippen molar-refractivity contribution in [3.63, 3.8) is 0 Å². The Morgan fingerprint density at radius 2 is 1.95 bits per heavy atom. The monoisotopic (exact) mass is 315 g/mol. The van der Waals surface area contributed by atoms with Crippen molar-refractivity contribution in [3.05, 3.63) is 24.3 Å². The van der Waals surface area contributed by atoms with Gasteiger partial charge in [-0.15, -0.1) is 11.8 Å². The topological polar surface area (TPSA) is 66.4 Å². The predicted octanol–water partition coefficient (Wildman–Crippen LogP) is 1.54. The van der Waals surface area contributed by atoms with E-state index in [-0.39, 0.29) is 12.1 Å². The van der Waals surface area contributed by atoms with Crippen LogP contribution in [-0.2, 0) is 9.84 Å². The Morgan fingerprint density at radius 3 is 2.35 bits per heavy atom. The van der Waals surface area contributed by atoms with Crippen LogP contribution in [0.25, 0.3) is 0 Å². The molecule has 0 aromatic heterocycles. The fourth-order valence-corrected chi connectivity index (χ4v) is 4.13. The molecule has 6 heteroatoms. The lowest BCUT2D eigenvalue weighted by Gasteiger charge is -2.31. The van der Waals surface area contributed by atoms with Gasteiger partial charge in [0.1, 0.15) is 0 Å². The van der Waals surface area contributed by atoms with Gasteiger partial charge < -0.3 is 10.4 Å². The van der Waals surface area contributed by atoms with Crippen LogP contribution in [0.4, 0.5) is 0 Å². The number of aliphatic hydroxyl groups excluding tert-OH is 1. The third kappa shape index (κ3) is 3.55. The van der Waals surface area contributed by atoms with Gasteiger partial charge in [0, 0.05) is 16.9 Å². The molecule has 112 valence electrons. The van der Waals surface area contributed by atoms with Crippen LogP contribution in [0.5, 0.6) is 0 Å². The van der Waals surface area contributed by atoms with E-state index in [0.29, 0.717) is 10.8 Å². The lowest BCUT2D eigenvalue weighted by atomic mass is 9.97. The van der Waals surface area contributed by atoms with Crippen molar-refractivity contribution in [1.82, 2.24) is 5.32 Å². The van der Waals surface area contributed by atoms with Crippen LogP contribution >= 0.6 is 11.8 Å². The van der Waals surface area contributed by atoms with Gasteiger partial charge in [0.15, 0.2) is 9.84 Å². The molecule has 20 heavy (non-hydrogen) atoms. The highest BCUT2D eigenvalue weighted by Gasteiger charge is 2.43. The summed E-state index contributed by atoms with van der Waals surface area (Å²) in [6.07, 6.45) is 3.53.